The number of rotatable bonds is 3. The van der Waals surface area contributed by atoms with Crippen molar-refractivity contribution in [1.82, 2.24) is 0 Å². The topological polar surface area (TPSA) is 20.3 Å². The van der Waals surface area contributed by atoms with E-state index in [1.165, 1.54) is 5.69 Å². The highest BCUT2D eigenvalue weighted by Crippen LogP contribution is 2.39. The van der Waals surface area contributed by atoms with Gasteiger partial charge in [-0.15, -0.1) is 0 Å². The highest BCUT2D eigenvalue weighted by Gasteiger charge is 2.36. The van der Waals surface area contributed by atoms with Crippen molar-refractivity contribution in [3.63, 3.8) is 0 Å². The third kappa shape index (κ3) is 2.92. The van der Waals surface area contributed by atoms with E-state index < -0.39 is 0 Å². The average molecular weight is 245 g/mol. The molecule has 0 saturated heterocycles. The zero-order chi connectivity index (χ0) is 13.2. The number of anilines is 1. The van der Waals surface area contributed by atoms with E-state index in [9.17, 15) is 4.79 Å². The first kappa shape index (κ1) is 13.1. The summed E-state index contributed by atoms with van der Waals surface area (Å²) < 4.78 is 0. The van der Waals surface area contributed by atoms with Crippen LogP contribution in [0.25, 0.3) is 0 Å². The second-order valence-corrected chi connectivity index (χ2v) is 6.14. The maximum atomic E-state index is 11.7. The van der Waals surface area contributed by atoms with E-state index in [-0.39, 0.29) is 5.41 Å². The summed E-state index contributed by atoms with van der Waals surface area (Å²) in [6, 6.07) is 10.4. The molecule has 1 aromatic rings. The number of nitrogens with zero attached hydrogens (tertiary/aromatic N) is 1. The predicted octanol–water partition coefficient (Wildman–Crippen LogP) is 3.52. The fourth-order valence-electron chi connectivity index (χ4n) is 2.75. The minimum Gasteiger partial charge on any atom is -0.374 e. The molecule has 1 unspecified atom stereocenters. The van der Waals surface area contributed by atoms with Crippen LogP contribution in [0, 0.1) is 11.3 Å². The van der Waals surface area contributed by atoms with Crippen LogP contribution in [0.3, 0.4) is 0 Å². The van der Waals surface area contributed by atoms with Crippen LogP contribution < -0.4 is 4.90 Å². The summed E-state index contributed by atoms with van der Waals surface area (Å²) in [6.07, 6.45) is 2.53. The molecule has 0 bridgehead atoms. The van der Waals surface area contributed by atoms with Gasteiger partial charge in [-0.25, -0.2) is 0 Å². The van der Waals surface area contributed by atoms with Gasteiger partial charge in [0, 0.05) is 32.1 Å². The second-order valence-electron chi connectivity index (χ2n) is 6.14. The molecule has 2 nitrogen and oxygen atoms in total. The summed E-state index contributed by atoms with van der Waals surface area (Å²) in [4.78, 5) is 13.9. The van der Waals surface area contributed by atoms with E-state index >= 15 is 0 Å². The lowest BCUT2D eigenvalue weighted by atomic mass is 9.68. The Morgan fingerprint density at radius 3 is 2.61 bits per heavy atom. The molecule has 1 fully saturated rings. The van der Waals surface area contributed by atoms with Crippen molar-refractivity contribution in [2.24, 2.45) is 11.3 Å². The standard InChI is InChI=1S/C16H23NO/c1-16(2)10-9-15(18)11-13(16)12-17(3)14-7-5-4-6-8-14/h4-8,13H,9-12H2,1-3H3. The number of hydrogen-bond donors (Lipinski definition) is 0. The van der Waals surface area contributed by atoms with Crippen LogP contribution >= 0.6 is 0 Å². The summed E-state index contributed by atoms with van der Waals surface area (Å²) in [7, 11) is 2.12. The van der Waals surface area contributed by atoms with Crippen molar-refractivity contribution >= 4 is 11.5 Å². The van der Waals surface area contributed by atoms with Crippen LogP contribution in [0.5, 0.6) is 0 Å². The molecule has 0 heterocycles. The lowest BCUT2D eigenvalue weighted by Crippen LogP contribution is -2.39. The lowest BCUT2D eigenvalue weighted by Gasteiger charge is -2.40. The average Bonchev–Trinajstić information content (AvgIpc) is 2.35. The molecule has 2 rings (SSSR count). The molecular weight excluding hydrogens is 222 g/mol. The number of carbonyl (C=O) groups is 1. The van der Waals surface area contributed by atoms with Crippen LogP contribution in [0.1, 0.15) is 33.1 Å². The van der Waals surface area contributed by atoms with Crippen molar-refractivity contribution in [1.29, 1.82) is 0 Å². The molecule has 0 radical (unpaired) electrons. The van der Waals surface area contributed by atoms with Crippen LogP contribution in [0.4, 0.5) is 5.69 Å². The highest BCUT2D eigenvalue weighted by molar-refractivity contribution is 5.79. The largest absolute Gasteiger partial charge is 0.374 e. The van der Waals surface area contributed by atoms with Gasteiger partial charge in [0.2, 0.25) is 0 Å². The predicted molar refractivity (Wildman–Crippen MR) is 75.8 cm³/mol. The second kappa shape index (κ2) is 5.13. The van der Waals surface area contributed by atoms with Crippen molar-refractivity contribution in [2.75, 3.05) is 18.5 Å². The lowest BCUT2D eigenvalue weighted by molar-refractivity contribution is -0.124. The van der Waals surface area contributed by atoms with Crippen molar-refractivity contribution in [3.8, 4) is 0 Å². The van der Waals surface area contributed by atoms with Gasteiger partial charge >= 0.3 is 0 Å². The summed E-state index contributed by atoms with van der Waals surface area (Å²) in [5.74, 6) is 0.893. The number of hydrogen-bond acceptors (Lipinski definition) is 2. The number of para-hydroxylation sites is 1. The number of ketones is 1. The maximum absolute atomic E-state index is 11.7. The number of benzene rings is 1. The molecule has 0 aromatic heterocycles. The summed E-state index contributed by atoms with van der Waals surface area (Å²) >= 11 is 0. The van der Waals surface area contributed by atoms with Gasteiger partial charge in [-0.3, -0.25) is 4.79 Å². The zero-order valence-electron chi connectivity index (χ0n) is 11.6. The van der Waals surface area contributed by atoms with Crippen molar-refractivity contribution in [3.05, 3.63) is 30.3 Å². The fraction of sp³-hybridized carbons (Fsp3) is 0.562. The Morgan fingerprint density at radius 1 is 1.28 bits per heavy atom. The Hall–Kier alpha value is -1.31. The molecule has 1 aliphatic rings. The third-order valence-corrected chi connectivity index (χ3v) is 4.32. The molecule has 2 heteroatoms. The van der Waals surface area contributed by atoms with Crippen LogP contribution in [-0.4, -0.2) is 19.4 Å². The smallest absolute Gasteiger partial charge is 0.133 e. The first-order chi connectivity index (χ1) is 8.49. The molecule has 0 N–H and O–H groups in total. The normalized spacial score (nSPS) is 22.8. The molecule has 18 heavy (non-hydrogen) atoms. The van der Waals surface area contributed by atoms with Gasteiger partial charge in [0.05, 0.1) is 0 Å². The summed E-state index contributed by atoms with van der Waals surface area (Å²) in [5, 5.41) is 0. The Bertz CT molecular complexity index is 410. The van der Waals surface area contributed by atoms with Gasteiger partial charge in [-0.1, -0.05) is 32.0 Å². The van der Waals surface area contributed by atoms with E-state index in [1.807, 2.05) is 6.07 Å². The van der Waals surface area contributed by atoms with E-state index in [2.05, 4.69) is 50.1 Å². The molecule has 98 valence electrons. The van der Waals surface area contributed by atoms with Gasteiger partial charge in [0.25, 0.3) is 0 Å². The first-order valence-corrected chi connectivity index (χ1v) is 6.77. The van der Waals surface area contributed by atoms with Crippen molar-refractivity contribution in [2.45, 2.75) is 33.1 Å². The van der Waals surface area contributed by atoms with Gasteiger partial charge in [-0.05, 0) is 29.9 Å². The molecule has 0 aliphatic heterocycles. The van der Waals surface area contributed by atoms with E-state index in [0.29, 0.717) is 11.7 Å². The quantitative estimate of drug-likeness (QED) is 0.812. The number of Topliss-reactive ketones (excluding diaryl/α,β-unsaturated/α-hetero) is 1. The zero-order valence-corrected chi connectivity index (χ0v) is 11.6. The first-order valence-electron chi connectivity index (χ1n) is 6.77. The molecule has 1 saturated carbocycles. The molecule has 1 aromatic carbocycles. The minimum atomic E-state index is 0.275. The molecule has 1 atom stereocenters. The third-order valence-electron chi connectivity index (χ3n) is 4.32. The van der Waals surface area contributed by atoms with Gasteiger partial charge in [0.15, 0.2) is 0 Å². The van der Waals surface area contributed by atoms with E-state index in [1.54, 1.807) is 0 Å². The van der Waals surface area contributed by atoms with Gasteiger partial charge in [0.1, 0.15) is 5.78 Å². The molecule has 1 aliphatic carbocycles. The Morgan fingerprint density at radius 2 is 1.94 bits per heavy atom. The minimum absolute atomic E-state index is 0.275. The number of carbonyl (C=O) groups excluding carboxylic acids is 1. The van der Waals surface area contributed by atoms with Gasteiger partial charge in [-0.2, -0.15) is 0 Å². The van der Waals surface area contributed by atoms with Gasteiger partial charge < -0.3 is 4.90 Å². The van der Waals surface area contributed by atoms with E-state index in [0.717, 1.165) is 25.8 Å². The maximum Gasteiger partial charge on any atom is 0.133 e. The Labute approximate surface area is 110 Å². The molecular formula is C16H23NO. The molecule has 0 spiro atoms. The van der Waals surface area contributed by atoms with Crippen LogP contribution in [-0.2, 0) is 4.79 Å². The van der Waals surface area contributed by atoms with Crippen LogP contribution in [0.2, 0.25) is 0 Å². The fourth-order valence-corrected chi connectivity index (χ4v) is 2.75. The van der Waals surface area contributed by atoms with Crippen LogP contribution in [0.15, 0.2) is 30.3 Å². The Kier molecular flexibility index (Phi) is 3.74. The highest BCUT2D eigenvalue weighted by atomic mass is 16.1. The SMILES string of the molecule is CN(CC1CC(=O)CCC1(C)C)c1ccccc1. The Balaban J connectivity index is 2.05. The summed E-state index contributed by atoms with van der Waals surface area (Å²) in [5.41, 5.74) is 1.50. The summed E-state index contributed by atoms with van der Waals surface area (Å²) in [6.45, 7) is 5.55. The van der Waals surface area contributed by atoms with E-state index in [4.69, 9.17) is 0 Å². The molecule has 0 amide bonds. The monoisotopic (exact) mass is 245 g/mol. The van der Waals surface area contributed by atoms with Crippen molar-refractivity contribution < 1.29 is 4.79 Å².